The third-order valence-corrected chi connectivity index (χ3v) is 3.15. The molecule has 0 unspecified atom stereocenters. The smallest absolute Gasteiger partial charge is 0.146 e. The van der Waals surface area contributed by atoms with E-state index in [0.717, 1.165) is 0 Å². The zero-order chi connectivity index (χ0) is 13.1. The Labute approximate surface area is 118 Å². The Morgan fingerprint density at radius 1 is 1.17 bits per heavy atom. The number of nitriles is 1. The van der Waals surface area contributed by atoms with Crippen molar-refractivity contribution in [2.45, 2.75) is 0 Å². The highest BCUT2D eigenvalue weighted by atomic mass is 79.9. The first kappa shape index (κ1) is 12.7. The van der Waals surface area contributed by atoms with Crippen LogP contribution in [0.15, 0.2) is 40.9 Å². The quantitative estimate of drug-likeness (QED) is 0.836. The summed E-state index contributed by atoms with van der Waals surface area (Å²) in [5.74, 6) is 1.09. The van der Waals surface area contributed by atoms with E-state index in [2.05, 4.69) is 15.9 Å². The fourth-order valence-corrected chi connectivity index (χ4v) is 2.06. The summed E-state index contributed by atoms with van der Waals surface area (Å²) >= 11 is 9.36. The molecule has 0 saturated heterocycles. The Kier molecular flexibility index (Phi) is 3.75. The number of ether oxygens (including phenoxy) is 1. The van der Waals surface area contributed by atoms with Gasteiger partial charge in [0.1, 0.15) is 11.5 Å². The minimum absolute atomic E-state index is 0.436. The fraction of sp³-hybridized carbons (Fsp3) is 0. The monoisotopic (exact) mass is 322 g/mol. The first-order valence-electron chi connectivity index (χ1n) is 5.02. The zero-order valence-corrected chi connectivity index (χ0v) is 11.5. The predicted octanol–water partition coefficient (Wildman–Crippen LogP) is 4.35. The van der Waals surface area contributed by atoms with Crippen LogP contribution in [-0.4, -0.2) is 0 Å². The molecule has 0 aliphatic carbocycles. The number of halogens is 2. The van der Waals surface area contributed by atoms with Crippen LogP contribution in [0.1, 0.15) is 5.56 Å². The molecule has 90 valence electrons. The third-order valence-electron chi connectivity index (χ3n) is 2.24. The highest BCUT2D eigenvalue weighted by Gasteiger charge is 2.07. The van der Waals surface area contributed by atoms with Crippen molar-refractivity contribution >= 4 is 33.2 Å². The van der Waals surface area contributed by atoms with E-state index >= 15 is 0 Å². The molecule has 0 bridgehead atoms. The Morgan fingerprint density at radius 3 is 2.50 bits per heavy atom. The first-order valence-corrected chi connectivity index (χ1v) is 6.20. The van der Waals surface area contributed by atoms with E-state index in [1.54, 1.807) is 36.4 Å². The summed E-state index contributed by atoms with van der Waals surface area (Å²) in [7, 11) is 0. The summed E-state index contributed by atoms with van der Waals surface area (Å²) < 4.78 is 6.34. The number of nitrogens with zero attached hydrogens (tertiary/aromatic N) is 1. The van der Waals surface area contributed by atoms with E-state index in [9.17, 15) is 0 Å². The molecule has 0 aromatic heterocycles. The van der Waals surface area contributed by atoms with Crippen LogP contribution >= 0.6 is 27.5 Å². The molecule has 0 heterocycles. The lowest BCUT2D eigenvalue weighted by atomic mass is 10.2. The van der Waals surface area contributed by atoms with Crippen molar-refractivity contribution in [1.29, 1.82) is 5.26 Å². The van der Waals surface area contributed by atoms with Crippen LogP contribution in [0.4, 0.5) is 5.69 Å². The maximum atomic E-state index is 8.77. The van der Waals surface area contributed by atoms with Crippen LogP contribution in [0.5, 0.6) is 11.5 Å². The Hall–Kier alpha value is -1.70. The highest BCUT2D eigenvalue weighted by molar-refractivity contribution is 9.10. The van der Waals surface area contributed by atoms with Crippen molar-refractivity contribution in [1.82, 2.24) is 0 Å². The Morgan fingerprint density at radius 2 is 1.89 bits per heavy atom. The molecular weight excluding hydrogens is 316 g/mol. The predicted molar refractivity (Wildman–Crippen MR) is 74.8 cm³/mol. The fourth-order valence-electron chi connectivity index (χ4n) is 1.37. The first-order chi connectivity index (χ1) is 8.60. The summed E-state index contributed by atoms with van der Waals surface area (Å²) in [4.78, 5) is 0. The van der Waals surface area contributed by atoms with Gasteiger partial charge in [0.05, 0.1) is 21.1 Å². The van der Waals surface area contributed by atoms with E-state index in [-0.39, 0.29) is 0 Å². The van der Waals surface area contributed by atoms with Crippen LogP contribution < -0.4 is 10.5 Å². The number of nitrogens with two attached hydrogens (primary N) is 1. The Balaban J connectivity index is 2.32. The number of rotatable bonds is 2. The van der Waals surface area contributed by atoms with Crippen molar-refractivity contribution < 1.29 is 4.74 Å². The van der Waals surface area contributed by atoms with Crippen molar-refractivity contribution in [3.05, 3.63) is 51.5 Å². The minimum Gasteiger partial charge on any atom is -0.455 e. The van der Waals surface area contributed by atoms with Gasteiger partial charge in [-0.3, -0.25) is 0 Å². The molecule has 2 N–H and O–H groups in total. The Bertz CT molecular complexity index is 637. The lowest BCUT2D eigenvalue weighted by molar-refractivity contribution is 0.480. The average Bonchev–Trinajstić information content (AvgIpc) is 2.34. The maximum absolute atomic E-state index is 8.77. The lowest BCUT2D eigenvalue weighted by Gasteiger charge is -2.09. The molecule has 0 radical (unpaired) electrons. The summed E-state index contributed by atoms with van der Waals surface area (Å²) in [5, 5.41) is 9.21. The van der Waals surface area contributed by atoms with Gasteiger partial charge in [-0.05, 0) is 52.3 Å². The second-order valence-electron chi connectivity index (χ2n) is 3.55. The van der Waals surface area contributed by atoms with Gasteiger partial charge in [0.15, 0.2) is 0 Å². The molecule has 0 spiro atoms. The number of hydrogen-bond donors (Lipinski definition) is 1. The number of anilines is 1. The number of hydrogen-bond acceptors (Lipinski definition) is 3. The SMILES string of the molecule is N#Cc1ccc(Oc2ccc(N)cc2Cl)c(Br)c1. The topological polar surface area (TPSA) is 59.0 Å². The van der Waals surface area contributed by atoms with Gasteiger partial charge in [-0.2, -0.15) is 5.26 Å². The standard InChI is InChI=1S/C13H8BrClN2O/c14-10-5-8(7-16)1-3-12(10)18-13-4-2-9(17)6-11(13)15/h1-6H,17H2. The van der Waals surface area contributed by atoms with Crippen molar-refractivity contribution in [3.63, 3.8) is 0 Å². The zero-order valence-electron chi connectivity index (χ0n) is 9.15. The second-order valence-corrected chi connectivity index (χ2v) is 4.81. The molecule has 0 saturated carbocycles. The molecule has 3 nitrogen and oxygen atoms in total. The molecule has 5 heteroatoms. The third kappa shape index (κ3) is 2.76. The molecule has 0 fully saturated rings. The average molecular weight is 324 g/mol. The van der Waals surface area contributed by atoms with E-state index in [1.807, 2.05) is 6.07 Å². The number of nitrogen functional groups attached to an aromatic ring is 1. The van der Waals surface area contributed by atoms with Gasteiger partial charge in [-0.15, -0.1) is 0 Å². The van der Waals surface area contributed by atoms with E-state index in [1.165, 1.54) is 0 Å². The molecule has 2 aromatic rings. The normalized spacial score (nSPS) is 9.83. The van der Waals surface area contributed by atoms with Crippen LogP contribution in [-0.2, 0) is 0 Å². The van der Waals surface area contributed by atoms with E-state index < -0.39 is 0 Å². The molecule has 2 aromatic carbocycles. The van der Waals surface area contributed by atoms with Gasteiger partial charge in [0.2, 0.25) is 0 Å². The van der Waals surface area contributed by atoms with Crippen LogP contribution in [0.3, 0.4) is 0 Å². The van der Waals surface area contributed by atoms with Crippen LogP contribution in [0, 0.1) is 11.3 Å². The number of benzene rings is 2. The second kappa shape index (κ2) is 5.30. The van der Waals surface area contributed by atoms with Gasteiger partial charge in [0, 0.05) is 5.69 Å². The van der Waals surface area contributed by atoms with E-state index in [4.69, 9.17) is 27.3 Å². The van der Waals surface area contributed by atoms with E-state index in [0.29, 0.717) is 32.2 Å². The van der Waals surface area contributed by atoms with Gasteiger partial charge in [-0.1, -0.05) is 11.6 Å². The molecule has 0 amide bonds. The molecular formula is C13H8BrClN2O. The largest absolute Gasteiger partial charge is 0.455 e. The highest BCUT2D eigenvalue weighted by Crippen LogP contribution is 2.34. The van der Waals surface area contributed by atoms with Gasteiger partial charge in [0.25, 0.3) is 0 Å². The van der Waals surface area contributed by atoms with Gasteiger partial charge >= 0.3 is 0 Å². The minimum atomic E-state index is 0.436. The molecule has 18 heavy (non-hydrogen) atoms. The van der Waals surface area contributed by atoms with Crippen LogP contribution in [0.25, 0.3) is 0 Å². The maximum Gasteiger partial charge on any atom is 0.146 e. The van der Waals surface area contributed by atoms with Crippen LogP contribution in [0.2, 0.25) is 5.02 Å². The summed E-state index contributed by atoms with van der Waals surface area (Å²) in [6, 6.07) is 12.1. The van der Waals surface area contributed by atoms with Gasteiger partial charge < -0.3 is 10.5 Å². The molecule has 0 atom stereocenters. The molecule has 0 aliphatic heterocycles. The molecule has 2 rings (SSSR count). The van der Waals surface area contributed by atoms with Crippen molar-refractivity contribution in [2.24, 2.45) is 0 Å². The summed E-state index contributed by atoms with van der Waals surface area (Å²) in [6.07, 6.45) is 0. The van der Waals surface area contributed by atoms with Crippen molar-refractivity contribution in [2.75, 3.05) is 5.73 Å². The summed E-state index contributed by atoms with van der Waals surface area (Å²) in [6.45, 7) is 0. The molecule has 0 aliphatic rings. The lowest BCUT2D eigenvalue weighted by Crippen LogP contribution is -1.89. The van der Waals surface area contributed by atoms with Crippen molar-refractivity contribution in [3.8, 4) is 17.6 Å². The van der Waals surface area contributed by atoms with Gasteiger partial charge in [-0.25, -0.2) is 0 Å². The summed E-state index contributed by atoms with van der Waals surface area (Å²) in [5.41, 5.74) is 6.73.